The van der Waals surface area contributed by atoms with Crippen molar-refractivity contribution >= 4 is 17.8 Å². The number of guanidine groups is 1. The minimum Gasteiger partial charge on any atom is -0.369 e. The van der Waals surface area contributed by atoms with E-state index in [1.54, 1.807) is 65.4 Å². The molecule has 3 N–H and O–H groups in total. The van der Waals surface area contributed by atoms with Crippen LogP contribution in [0, 0.1) is 11.8 Å². The Labute approximate surface area is 223 Å². The van der Waals surface area contributed by atoms with Gasteiger partial charge in [0.2, 0.25) is 5.95 Å². The van der Waals surface area contributed by atoms with E-state index in [4.69, 9.17) is 5.73 Å². The van der Waals surface area contributed by atoms with Gasteiger partial charge in [0, 0.05) is 43.7 Å². The number of benzene rings is 2. The molecule has 1 unspecified atom stereocenters. The van der Waals surface area contributed by atoms with Gasteiger partial charge in [-0.2, -0.15) is 4.39 Å². The molecule has 3 heterocycles. The average molecular weight is 529 g/mol. The lowest BCUT2D eigenvalue weighted by Gasteiger charge is -2.25. The molecule has 198 valence electrons. The minimum absolute atomic E-state index is 0.0181. The topological polar surface area (TPSA) is 106 Å². The van der Waals surface area contributed by atoms with E-state index < -0.39 is 17.4 Å². The van der Waals surface area contributed by atoms with Gasteiger partial charge in [0.1, 0.15) is 11.5 Å². The molecule has 1 aliphatic rings. The second-order valence-electron chi connectivity index (χ2n) is 9.18. The number of amides is 2. The van der Waals surface area contributed by atoms with Gasteiger partial charge in [0.25, 0.3) is 11.8 Å². The van der Waals surface area contributed by atoms with Gasteiger partial charge in [-0.3, -0.25) is 14.5 Å². The van der Waals surface area contributed by atoms with Crippen LogP contribution in [0.15, 0.2) is 84.1 Å². The summed E-state index contributed by atoms with van der Waals surface area (Å²) in [5.41, 5.74) is 7.29. The van der Waals surface area contributed by atoms with Crippen LogP contribution in [-0.2, 0) is 23.4 Å². The van der Waals surface area contributed by atoms with E-state index in [0.717, 1.165) is 5.56 Å². The summed E-state index contributed by atoms with van der Waals surface area (Å²) in [5, 5.41) is 2.84. The van der Waals surface area contributed by atoms with Crippen molar-refractivity contribution in [3.63, 3.8) is 0 Å². The predicted octanol–water partition coefficient (Wildman–Crippen LogP) is 3.81. The Balaban J connectivity index is 1.57. The zero-order valence-corrected chi connectivity index (χ0v) is 21.4. The Morgan fingerprint density at radius 1 is 1.05 bits per heavy atom. The lowest BCUT2D eigenvalue weighted by molar-refractivity contribution is -0.129. The summed E-state index contributed by atoms with van der Waals surface area (Å²) in [6, 6.07) is 17.5. The lowest BCUT2D eigenvalue weighted by Crippen LogP contribution is -2.41. The Morgan fingerprint density at radius 2 is 1.82 bits per heavy atom. The van der Waals surface area contributed by atoms with Crippen LogP contribution < -0.4 is 11.1 Å². The van der Waals surface area contributed by atoms with Crippen LogP contribution in [0.2, 0.25) is 0 Å². The van der Waals surface area contributed by atoms with Crippen molar-refractivity contribution in [2.24, 2.45) is 10.7 Å². The SMILES string of the molecule is CCn1cc(C2(c3cccc(-c4cccnc4F)c3)N=C(N)N(C)C2=O)cc1C(=O)NCc1ccc(F)cc1. The Hall–Kier alpha value is -4.86. The normalized spacial score (nSPS) is 16.9. The summed E-state index contributed by atoms with van der Waals surface area (Å²) in [6.45, 7) is 2.51. The van der Waals surface area contributed by atoms with Crippen LogP contribution >= 0.6 is 0 Å². The second-order valence-corrected chi connectivity index (χ2v) is 9.18. The number of aromatic nitrogens is 2. The highest BCUT2D eigenvalue weighted by Gasteiger charge is 2.50. The molecule has 0 spiro atoms. The molecular weight excluding hydrogens is 502 g/mol. The van der Waals surface area contributed by atoms with Crippen LogP contribution in [0.3, 0.4) is 0 Å². The van der Waals surface area contributed by atoms with Gasteiger partial charge >= 0.3 is 0 Å². The third-order valence-corrected chi connectivity index (χ3v) is 6.84. The standard InChI is InChI=1S/C29H26F2N6O2/c1-3-37-17-21(15-24(37)26(38)34-16-18-9-11-22(30)12-10-18)29(27(39)36(2)28(32)35-29)20-7-4-6-19(14-20)23-8-5-13-33-25(23)31/h4-15,17H,3,16H2,1-2H3,(H2,32,35)(H,34,38). The highest BCUT2D eigenvalue weighted by Crippen LogP contribution is 2.41. The lowest BCUT2D eigenvalue weighted by atomic mass is 9.83. The highest BCUT2D eigenvalue weighted by molar-refractivity contribution is 6.09. The fourth-order valence-electron chi connectivity index (χ4n) is 4.73. The molecule has 1 aliphatic heterocycles. The van der Waals surface area contributed by atoms with Crippen LogP contribution in [0.1, 0.15) is 34.1 Å². The molecule has 10 heteroatoms. The third kappa shape index (κ3) is 4.54. The molecule has 0 aliphatic carbocycles. The zero-order chi connectivity index (χ0) is 27.7. The van der Waals surface area contributed by atoms with Gasteiger partial charge in [0.15, 0.2) is 11.5 Å². The molecule has 39 heavy (non-hydrogen) atoms. The van der Waals surface area contributed by atoms with E-state index in [1.807, 2.05) is 6.92 Å². The number of hydrogen-bond acceptors (Lipinski definition) is 5. The third-order valence-electron chi connectivity index (χ3n) is 6.84. The fraction of sp³-hybridized carbons (Fsp3) is 0.172. The summed E-state index contributed by atoms with van der Waals surface area (Å²) >= 11 is 0. The highest BCUT2D eigenvalue weighted by atomic mass is 19.1. The van der Waals surface area contributed by atoms with Crippen molar-refractivity contribution in [3.8, 4) is 11.1 Å². The van der Waals surface area contributed by atoms with Crippen molar-refractivity contribution in [3.05, 3.63) is 113 Å². The molecular formula is C29H26F2N6O2. The number of pyridine rings is 1. The molecule has 1 atom stereocenters. The monoisotopic (exact) mass is 528 g/mol. The minimum atomic E-state index is -1.58. The number of nitrogens with two attached hydrogens (primary N) is 1. The number of nitrogens with one attached hydrogen (secondary N) is 1. The summed E-state index contributed by atoms with van der Waals surface area (Å²) in [4.78, 5) is 36.6. The maximum atomic E-state index is 14.5. The van der Waals surface area contributed by atoms with Crippen molar-refractivity contribution in [2.75, 3.05) is 7.05 Å². The number of aliphatic imine (C=N–C) groups is 1. The first-order valence-electron chi connectivity index (χ1n) is 12.3. The van der Waals surface area contributed by atoms with Gasteiger partial charge in [-0.1, -0.05) is 30.3 Å². The molecule has 0 bridgehead atoms. The first-order chi connectivity index (χ1) is 18.7. The van der Waals surface area contributed by atoms with Crippen molar-refractivity contribution in [1.29, 1.82) is 0 Å². The molecule has 8 nitrogen and oxygen atoms in total. The van der Waals surface area contributed by atoms with Gasteiger partial charge in [-0.15, -0.1) is 0 Å². The van der Waals surface area contributed by atoms with Crippen LogP contribution in [0.4, 0.5) is 8.78 Å². The molecule has 5 rings (SSSR count). The predicted molar refractivity (Wildman–Crippen MR) is 142 cm³/mol. The molecule has 0 saturated carbocycles. The largest absolute Gasteiger partial charge is 0.369 e. The number of aryl methyl sites for hydroxylation is 1. The number of rotatable bonds is 7. The first-order valence-corrected chi connectivity index (χ1v) is 12.3. The first kappa shape index (κ1) is 25.8. The molecule has 0 saturated heterocycles. The molecule has 0 fully saturated rings. The van der Waals surface area contributed by atoms with Crippen LogP contribution in [-0.4, -0.2) is 39.3 Å². The van der Waals surface area contributed by atoms with E-state index in [-0.39, 0.29) is 29.8 Å². The fourth-order valence-corrected chi connectivity index (χ4v) is 4.73. The Kier molecular flexibility index (Phi) is 6.69. The van der Waals surface area contributed by atoms with E-state index in [9.17, 15) is 18.4 Å². The number of hydrogen-bond donors (Lipinski definition) is 2. The summed E-state index contributed by atoms with van der Waals surface area (Å²) in [6.07, 6.45) is 3.07. The number of carbonyl (C=O) groups excluding carboxylic acids is 2. The van der Waals surface area contributed by atoms with Gasteiger partial charge < -0.3 is 15.6 Å². The summed E-state index contributed by atoms with van der Waals surface area (Å²) in [7, 11) is 1.53. The van der Waals surface area contributed by atoms with Gasteiger partial charge in [-0.05, 0) is 60.0 Å². The van der Waals surface area contributed by atoms with E-state index >= 15 is 0 Å². The van der Waals surface area contributed by atoms with Crippen LogP contribution in [0.25, 0.3) is 11.1 Å². The molecule has 4 aromatic rings. The van der Waals surface area contributed by atoms with Crippen molar-refractivity contribution in [2.45, 2.75) is 25.6 Å². The molecule has 2 aromatic carbocycles. The van der Waals surface area contributed by atoms with Gasteiger partial charge in [-0.25, -0.2) is 14.4 Å². The number of nitrogens with zero attached hydrogens (tertiary/aromatic N) is 4. The van der Waals surface area contributed by atoms with Crippen LogP contribution in [0.5, 0.6) is 0 Å². The Morgan fingerprint density at radius 3 is 2.49 bits per heavy atom. The molecule has 2 amide bonds. The Bertz CT molecular complexity index is 1600. The molecule has 2 aromatic heterocycles. The van der Waals surface area contributed by atoms with Gasteiger partial charge in [0.05, 0.1) is 0 Å². The number of halogens is 2. The zero-order valence-electron chi connectivity index (χ0n) is 21.4. The van der Waals surface area contributed by atoms with Crippen molar-refractivity contribution < 1.29 is 18.4 Å². The average Bonchev–Trinajstić information content (AvgIpc) is 3.48. The smallest absolute Gasteiger partial charge is 0.268 e. The maximum absolute atomic E-state index is 14.5. The number of likely N-dealkylation sites (N-methyl/N-ethyl adjacent to an activating group) is 1. The second kappa shape index (κ2) is 10.1. The van der Waals surface area contributed by atoms with E-state index in [1.165, 1.54) is 30.3 Å². The number of carbonyl (C=O) groups is 2. The summed E-state index contributed by atoms with van der Waals surface area (Å²) < 4.78 is 29.5. The van der Waals surface area contributed by atoms with E-state index in [0.29, 0.717) is 28.9 Å². The summed E-state index contributed by atoms with van der Waals surface area (Å²) in [5.74, 6) is -1.76. The van der Waals surface area contributed by atoms with E-state index in [2.05, 4.69) is 15.3 Å². The maximum Gasteiger partial charge on any atom is 0.268 e. The quantitative estimate of drug-likeness (QED) is 0.356. The van der Waals surface area contributed by atoms with Crippen molar-refractivity contribution in [1.82, 2.24) is 19.8 Å². The molecule has 0 radical (unpaired) electrons.